The summed E-state index contributed by atoms with van der Waals surface area (Å²) in [6, 6.07) is 3.72. The first-order valence-corrected chi connectivity index (χ1v) is 7.96. The molecule has 21 heavy (non-hydrogen) atoms. The molecule has 0 bridgehead atoms. The molecule has 0 radical (unpaired) electrons. The number of hydrogen-bond acceptors (Lipinski definition) is 5. The van der Waals surface area contributed by atoms with Crippen LogP contribution in [0.25, 0.3) is 0 Å². The Morgan fingerprint density at radius 1 is 1.38 bits per heavy atom. The maximum atomic E-state index is 12.5. The van der Waals surface area contributed by atoms with Crippen molar-refractivity contribution in [2.45, 2.75) is 30.2 Å². The van der Waals surface area contributed by atoms with Crippen molar-refractivity contribution in [2.75, 3.05) is 18.9 Å². The lowest BCUT2D eigenvalue weighted by Crippen LogP contribution is -2.49. The maximum absolute atomic E-state index is 12.5. The van der Waals surface area contributed by atoms with Gasteiger partial charge in [0.05, 0.1) is 10.5 Å². The number of aromatic carboxylic acids is 1. The predicted octanol–water partition coefficient (Wildman–Crippen LogP) is 0.814. The van der Waals surface area contributed by atoms with Gasteiger partial charge in [-0.05, 0) is 38.0 Å². The van der Waals surface area contributed by atoms with Crippen LogP contribution in [-0.4, -0.2) is 38.2 Å². The van der Waals surface area contributed by atoms with E-state index in [4.69, 9.17) is 15.6 Å². The molecule has 0 aromatic heterocycles. The van der Waals surface area contributed by atoms with Gasteiger partial charge in [-0.15, -0.1) is 0 Å². The highest BCUT2D eigenvalue weighted by Crippen LogP contribution is 2.25. The lowest BCUT2D eigenvalue weighted by atomic mass is 9.94. The summed E-state index contributed by atoms with van der Waals surface area (Å²) in [5.41, 5.74) is 4.74. The second-order valence-corrected chi connectivity index (χ2v) is 6.99. The Morgan fingerprint density at radius 2 is 2.00 bits per heavy atom. The van der Waals surface area contributed by atoms with Crippen LogP contribution in [0, 0.1) is 0 Å². The number of nitrogens with two attached hydrogens (primary N) is 1. The first kappa shape index (κ1) is 15.7. The van der Waals surface area contributed by atoms with E-state index in [0.717, 1.165) is 6.07 Å². The van der Waals surface area contributed by atoms with Crippen LogP contribution < -0.4 is 10.5 Å². The van der Waals surface area contributed by atoms with Crippen LogP contribution >= 0.6 is 0 Å². The van der Waals surface area contributed by atoms with Gasteiger partial charge in [-0.1, -0.05) is 0 Å². The highest BCUT2D eigenvalue weighted by atomic mass is 32.2. The van der Waals surface area contributed by atoms with E-state index in [9.17, 15) is 13.2 Å². The van der Waals surface area contributed by atoms with Gasteiger partial charge >= 0.3 is 5.97 Å². The molecule has 4 N–H and O–H groups in total. The van der Waals surface area contributed by atoms with Crippen LogP contribution in [0.15, 0.2) is 23.1 Å². The molecular weight excluding hydrogens is 296 g/mol. The Morgan fingerprint density at radius 3 is 2.57 bits per heavy atom. The number of nitrogen functional groups attached to an aromatic ring is 1. The van der Waals surface area contributed by atoms with Gasteiger partial charge in [0.1, 0.15) is 0 Å². The molecule has 116 valence electrons. The Labute approximate surface area is 123 Å². The Balaban J connectivity index is 2.38. The van der Waals surface area contributed by atoms with E-state index in [2.05, 4.69) is 4.72 Å². The van der Waals surface area contributed by atoms with Gasteiger partial charge in [0.25, 0.3) is 0 Å². The van der Waals surface area contributed by atoms with E-state index in [1.807, 2.05) is 0 Å². The van der Waals surface area contributed by atoms with Gasteiger partial charge in [0.15, 0.2) is 0 Å². The summed E-state index contributed by atoms with van der Waals surface area (Å²) in [4.78, 5) is 10.9. The van der Waals surface area contributed by atoms with Crippen molar-refractivity contribution < 1.29 is 23.1 Å². The van der Waals surface area contributed by atoms with Crippen LogP contribution in [0.2, 0.25) is 0 Å². The normalized spacial score (nSPS) is 18.3. The molecule has 1 saturated heterocycles. The Bertz CT molecular complexity index is 651. The molecule has 1 aliphatic rings. The molecule has 8 heteroatoms. The van der Waals surface area contributed by atoms with Gasteiger partial charge in [-0.2, -0.15) is 0 Å². The molecule has 0 unspecified atom stereocenters. The minimum absolute atomic E-state index is 0.198. The summed E-state index contributed by atoms with van der Waals surface area (Å²) in [6.45, 7) is 2.71. The first-order chi connectivity index (χ1) is 9.73. The van der Waals surface area contributed by atoms with Crippen molar-refractivity contribution in [3.05, 3.63) is 23.8 Å². The van der Waals surface area contributed by atoms with Crippen LogP contribution in [0.4, 0.5) is 5.69 Å². The molecule has 1 aromatic carbocycles. The number of hydrogen-bond donors (Lipinski definition) is 3. The lowest BCUT2D eigenvalue weighted by molar-refractivity contribution is 0.0536. The average molecular weight is 314 g/mol. The van der Waals surface area contributed by atoms with Gasteiger partial charge in [-0.25, -0.2) is 17.9 Å². The average Bonchev–Trinajstić information content (AvgIpc) is 2.37. The molecule has 1 aliphatic heterocycles. The molecule has 0 atom stereocenters. The Kier molecular flexibility index (Phi) is 4.22. The summed E-state index contributed by atoms with van der Waals surface area (Å²) in [5.74, 6) is -1.33. The minimum Gasteiger partial charge on any atom is -0.478 e. The summed E-state index contributed by atoms with van der Waals surface area (Å²) in [6.07, 6.45) is 1.06. The molecule has 2 rings (SSSR count). The van der Waals surface area contributed by atoms with Crippen molar-refractivity contribution in [1.82, 2.24) is 4.72 Å². The Hall–Kier alpha value is -1.64. The van der Waals surface area contributed by atoms with E-state index < -0.39 is 21.5 Å². The summed E-state index contributed by atoms with van der Waals surface area (Å²) in [5, 5.41) is 9.16. The van der Waals surface area contributed by atoms with Crippen LogP contribution in [0.3, 0.4) is 0 Å². The van der Waals surface area contributed by atoms with Gasteiger partial charge in [0.2, 0.25) is 10.0 Å². The van der Waals surface area contributed by atoms with Crippen molar-refractivity contribution >= 4 is 21.7 Å². The summed E-state index contributed by atoms with van der Waals surface area (Å²) in [7, 11) is -3.95. The van der Waals surface area contributed by atoms with Crippen molar-refractivity contribution in [3.63, 3.8) is 0 Å². The molecule has 0 amide bonds. The minimum atomic E-state index is -3.95. The third-order valence-corrected chi connectivity index (χ3v) is 5.20. The third kappa shape index (κ3) is 3.52. The maximum Gasteiger partial charge on any atom is 0.337 e. The summed E-state index contributed by atoms with van der Waals surface area (Å²) < 4.78 is 32.8. The second kappa shape index (κ2) is 5.63. The fourth-order valence-electron chi connectivity index (χ4n) is 2.25. The number of anilines is 1. The largest absolute Gasteiger partial charge is 0.478 e. The fraction of sp³-hybridized carbons (Fsp3) is 0.462. The second-order valence-electron chi connectivity index (χ2n) is 5.34. The highest BCUT2D eigenvalue weighted by Gasteiger charge is 2.34. The van der Waals surface area contributed by atoms with Crippen molar-refractivity contribution in [1.29, 1.82) is 0 Å². The van der Waals surface area contributed by atoms with Crippen LogP contribution in [0.1, 0.15) is 30.1 Å². The van der Waals surface area contributed by atoms with Crippen LogP contribution in [-0.2, 0) is 14.8 Å². The SMILES string of the molecule is CC1(NS(=O)(=O)c2ccc(N)cc2C(=O)O)CCOCC1. The molecule has 0 aliphatic carbocycles. The molecule has 0 saturated carbocycles. The number of nitrogens with one attached hydrogen (secondary N) is 1. The monoisotopic (exact) mass is 314 g/mol. The number of carboxylic acid groups (broad SMARTS) is 1. The molecule has 0 spiro atoms. The highest BCUT2D eigenvalue weighted by molar-refractivity contribution is 7.89. The molecule has 1 heterocycles. The topological polar surface area (TPSA) is 119 Å². The molecule has 1 aromatic rings. The third-order valence-electron chi connectivity index (χ3n) is 3.50. The lowest BCUT2D eigenvalue weighted by Gasteiger charge is -2.34. The number of carbonyl (C=O) groups is 1. The zero-order valence-electron chi connectivity index (χ0n) is 11.6. The molecular formula is C13H18N2O5S. The van der Waals surface area contributed by atoms with E-state index in [-0.39, 0.29) is 16.1 Å². The standard InChI is InChI=1S/C13H18N2O5S/c1-13(4-6-20-7-5-13)15-21(18,19)11-3-2-9(14)8-10(11)12(16)17/h2-3,8,15H,4-7,14H2,1H3,(H,16,17). The zero-order chi connectivity index (χ0) is 15.7. The van der Waals surface area contributed by atoms with E-state index >= 15 is 0 Å². The van der Waals surface area contributed by atoms with Gasteiger partial charge in [-0.3, -0.25) is 0 Å². The van der Waals surface area contributed by atoms with E-state index in [1.54, 1.807) is 6.92 Å². The molecule has 1 fully saturated rings. The first-order valence-electron chi connectivity index (χ1n) is 6.48. The van der Waals surface area contributed by atoms with Gasteiger partial charge in [0, 0.05) is 24.4 Å². The number of sulfonamides is 1. The quantitative estimate of drug-likeness (QED) is 0.708. The number of ether oxygens (including phenoxy) is 1. The molecule has 7 nitrogen and oxygen atoms in total. The number of carboxylic acids is 1. The van der Waals surface area contributed by atoms with E-state index in [1.165, 1.54) is 12.1 Å². The smallest absolute Gasteiger partial charge is 0.337 e. The van der Waals surface area contributed by atoms with E-state index in [0.29, 0.717) is 26.1 Å². The number of rotatable bonds is 4. The number of benzene rings is 1. The van der Waals surface area contributed by atoms with Crippen molar-refractivity contribution in [2.24, 2.45) is 0 Å². The zero-order valence-corrected chi connectivity index (χ0v) is 12.4. The van der Waals surface area contributed by atoms with Crippen LogP contribution in [0.5, 0.6) is 0 Å². The van der Waals surface area contributed by atoms with Crippen molar-refractivity contribution in [3.8, 4) is 0 Å². The summed E-state index contributed by atoms with van der Waals surface area (Å²) >= 11 is 0. The fourth-order valence-corrected chi connectivity index (χ4v) is 3.90. The van der Waals surface area contributed by atoms with Gasteiger partial charge < -0.3 is 15.6 Å². The predicted molar refractivity (Wildman–Crippen MR) is 76.6 cm³/mol.